The Morgan fingerprint density at radius 1 is 0.909 bits per heavy atom. The quantitative estimate of drug-likeness (QED) is 0.379. The molecule has 0 unspecified atom stereocenters. The molecule has 0 aliphatic carbocycles. The number of rotatable bonds is 10. The summed E-state index contributed by atoms with van der Waals surface area (Å²) < 4.78 is 22.4. The molecule has 1 N–H and O–H groups in total. The van der Waals surface area contributed by atoms with Crippen LogP contribution in [-0.2, 0) is 19.8 Å². The fourth-order valence-electron chi connectivity index (χ4n) is 3.12. The number of pyridine rings is 1. The van der Waals surface area contributed by atoms with Crippen LogP contribution >= 0.6 is 0 Å². The van der Waals surface area contributed by atoms with Crippen molar-refractivity contribution in [3.63, 3.8) is 0 Å². The number of ether oxygens (including phenoxy) is 3. The molecule has 2 aromatic carbocycles. The Morgan fingerprint density at radius 3 is 2.58 bits per heavy atom. The highest BCUT2D eigenvalue weighted by Crippen LogP contribution is 2.26. The number of nitrogens with zero attached hydrogens (tertiary/aromatic N) is 1. The molecule has 2 heterocycles. The predicted molar refractivity (Wildman–Crippen MR) is 122 cm³/mol. The van der Waals surface area contributed by atoms with Crippen LogP contribution in [0.15, 0.2) is 89.5 Å². The topological polar surface area (TPSA) is 82.8 Å². The maximum Gasteiger partial charge on any atom is 0.287 e. The summed E-state index contributed by atoms with van der Waals surface area (Å²) in [5.41, 5.74) is 1.76. The minimum atomic E-state index is -0.307. The lowest BCUT2D eigenvalue weighted by Gasteiger charge is -2.09. The van der Waals surface area contributed by atoms with Gasteiger partial charge in [0.15, 0.2) is 17.3 Å². The van der Waals surface area contributed by atoms with Gasteiger partial charge in [0.1, 0.15) is 24.7 Å². The van der Waals surface area contributed by atoms with Gasteiger partial charge in [0, 0.05) is 12.7 Å². The Kier molecular flexibility index (Phi) is 7.22. The highest BCUT2D eigenvalue weighted by Gasteiger charge is 2.12. The number of para-hydroxylation sites is 2. The van der Waals surface area contributed by atoms with Crippen LogP contribution in [0.4, 0.5) is 0 Å². The fraction of sp³-hybridized carbons (Fsp3) is 0.154. The highest BCUT2D eigenvalue weighted by molar-refractivity contribution is 5.91. The minimum Gasteiger partial charge on any atom is -0.493 e. The van der Waals surface area contributed by atoms with Gasteiger partial charge in [0.2, 0.25) is 0 Å². The summed E-state index contributed by atoms with van der Waals surface area (Å²) in [7, 11) is 1.58. The summed E-state index contributed by atoms with van der Waals surface area (Å²) in [5, 5.41) is 2.86. The van der Waals surface area contributed by atoms with Crippen molar-refractivity contribution in [3.8, 4) is 17.2 Å². The Hall–Kier alpha value is -4.26. The van der Waals surface area contributed by atoms with Gasteiger partial charge in [-0.3, -0.25) is 9.78 Å². The molecular weight excluding hydrogens is 420 g/mol. The van der Waals surface area contributed by atoms with Crippen LogP contribution in [0, 0.1) is 0 Å². The predicted octanol–water partition coefficient (Wildman–Crippen LogP) is 4.77. The van der Waals surface area contributed by atoms with E-state index < -0.39 is 0 Å². The van der Waals surface area contributed by atoms with Gasteiger partial charge < -0.3 is 23.9 Å². The number of nitrogens with one attached hydrogen (secondary N) is 1. The van der Waals surface area contributed by atoms with Gasteiger partial charge in [-0.25, -0.2) is 0 Å². The summed E-state index contributed by atoms with van der Waals surface area (Å²) in [5.74, 6) is 2.40. The number of carbonyl (C=O) groups excluding carboxylic acids is 1. The van der Waals surface area contributed by atoms with Crippen LogP contribution in [0.25, 0.3) is 0 Å². The fourth-order valence-corrected chi connectivity index (χ4v) is 3.12. The number of aromatic nitrogens is 1. The Morgan fingerprint density at radius 2 is 1.76 bits per heavy atom. The van der Waals surface area contributed by atoms with Crippen molar-refractivity contribution in [3.05, 3.63) is 108 Å². The first-order valence-corrected chi connectivity index (χ1v) is 10.5. The molecule has 0 fully saturated rings. The first-order chi connectivity index (χ1) is 16.2. The van der Waals surface area contributed by atoms with E-state index in [1.165, 1.54) is 0 Å². The Balaban J connectivity index is 1.28. The molecule has 0 spiro atoms. The van der Waals surface area contributed by atoms with Crippen molar-refractivity contribution in [2.45, 2.75) is 19.8 Å². The van der Waals surface area contributed by atoms with Gasteiger partial charge in [0.25, 0.3) is 5.91 Å². The van der Waals surface area contributed by atoms with Crippen molar-refractivity contribution in [1.82, 2.24) is 10.3 Å². The van der Waals surface area contributed by atoms with Crippen LogP contribution in [0.5, 0.6) is 17.2 Å². The zero-order valence-electron chi connectivity index (χ0n) is 18.2. The van der Waals surface area contributed by atoms with Crippen molar-refractivity contribution in [1.29, 1.82) is 0 Å². The summed E-state index contributed by atoms with van der Waals surface area (Å²) in [6.45, 7) is 0.902. The number of methoxy groups -OCH3 is 1. The van der Waals surface area contributed by atoms with E-state index in [0.717, 1.165) is 11.3 Å². The second-order valence-corrected chi connectivity index (χ2v) is 7.15. The molecule has 4 aromatic rings. The maximum atomic E-state index is 12.5. The normalized spacial score (nSPS) is 10.5. The van der Waals surface area contributed by atoms with Crippen LogP contribution in [0.2, 0.25) is 0 Å². The lowest BCUT2D eigenvalue weighted by Crippen LogP contribution is -2.22. The number of hydrogen-bond acceptors (Lipinski definition) is 6. The van der Waals surface area contributed by atoms with Crippen LogP contribution < -0.4 is 19.5 Å². The summed E-state index contributed by atoms with van der Waals surface area (Å²) >= 11 is 0. The molecule has 0 radical (unpaired) electrons. The van der Waals surface area contributed by atoms with Crippen LogP contribution in [-0.4, -0.2) is 18.0 Å². The number of hydrogen-bond donors (Lipinski definition) is 1. The first-order valence-electron chi connectivity index (χ1n) is 10.5. The van der Waals surface area contributed by atoms with Crippen molar-refractivity contribution in [2.75, 3.05) is 7.11 Å². The standard InChI is InChI=1S/C26H24N2O5/c1-30-23-10-2-3-11-24(23)32-18-22-12-13-25(33-22)26(29)28-16-19-7-6-9-21(15-19)31-17-20-8-4-5-14-27-20/h2-15H,16-18H2,1H3,(H,28,29). The second-order valence-electron chi connectivity index (χ2n) is 7.15. The van der Waals surface area contributed by atoms with Gasteiger partial charge >= 0.3 is 0 Å². The third kappa shape index (κ3) is 6.13. The van der Waals surface area contributed by atoms with Gasteiger partial charge in [-0.1, -0.05) is 30.3 Å². The van der Waals surface area contributed by atoms with Crippen molar-refractivity contribution >= 4 is 5.91 Å². The Bertz CT molecular complexity index is 1190. The van der Waals surface area contributed by atoms with Crippen LogP contribution in [0.3, 0.4) is 0 Å². The van der Waals surface area contributed by atoms with Gasteiger partial charge in [-0.15, -0.1) is 0 Å². The number of carbonyl (C=O) groups is 1. The average Bonchev–Trinajstić information content (AvgIpc) is 3.35. The van der Waals surface area contributed by atoms with E-state index in [2.05, 4.69) is 10.3 Å². The van der Waals surface area contributed by atoms with E-state index >= 15 is 0 Å². The molecule has 1 amide bonds. The van der Waals surface area contributed by atoms with E-state index in [0.29, 0.717) is 36.2 Å². The van der Waals surface area contributed by atoms with Gasteiger partial charge in [-0.05, 0) is 54.1 Å². The molecule has 0 saturated heterocycles. The van der Waals surface area contributed by atoms with Gasteiger partial charge in [0.05, 0.1) is 12.8 Å². The summed E-state index contributed by atoms with van der Waals surface area (Å²) in [6, 6.07) is 23.9. The zero-order valence-corrected chi connectivity index (χ0v) is 18.2. The average molecular weight is 444 g/mol. The molecule has 0 atom stereocenters. The summed E-state index contributed by atoms with van der Waals surface area (Å²) in [4.78, 5) is 16.7. The molecule has 0 saturated carbocycles. The number of amides is 1. The minimum absolute atomic E-state index is 0.184. The monoisotopic (exact) mass is 444 g/mol. The van der Waals surface area contributed by atoms with Crippen molar-refractivity contribution in [2.24, 2.45) is 0 Å². The van der Waals surface area contributed by atoms with Crippen molar-refractivity contribution < 1.29 is 23.4 Å². The Labute approximate surface area is 191 Å². The molecule has 168 valence electrons. The molecule has 0 aliphatic heterocycles. The zero-order chi connectivity index (χ0) is 22.9. The second kappa shape index (κ2) is 10.9. The SMILES string of the molecule is COc1ccccc1OCc1ccc(C(=O)NCc2cccc(OCc3ccccn3)c2)o1. The lowest BCUT2D eigenvalue weighted by molar-refractivity contribution is 0.0919. The smallest absolute Gasteiger partial charge is 0.287 e. The molecule has 7 heteroatoms. The van der Waals surface area contributed by atoms with Gasteiger partial charge in [-0.2, -0.15) is 0 Å². The first kappa shape index (κ1) is 22.0. The largest absolute Gasteiger partial charge is 0.493 e. The number of benzene rings is 2. The van der Waals surface area contributed by atoms with E-state index in [4.69, 9.17) is 18.6 Å². The maximum absolute atomic E-state index is 12.5. The molecule has 4 rings (SSSR count). The van der Waals surface area contributed by atoms with E-state index in [-0.39, 0.29) is 18.3 Å². The van der Waals surface area contributed by atoms with Crippen LogP contribution in [0.1, 0.15) is 27.6 Å². The third-order valence-electron chi connectivity index (χ3n) is 4.79. The van der Waals surface area contributed by atoms with E-state index in [9.17, 15) is 4.79 Å². The molecule has 33 heavy (non-hydrogen) atoms. The van der Waals surface area contributed by atoms with E-state index in [1.54, 1.807) is 25.4 Å². The number of furan rings is 1. The molecular formula is C26H24N2O5. The van der Waals surface area contributed by atoms with E-state index in [1.807, 2.05) is 66.7 Å². The molecule has 7 nitrogen and oxygen atoms in total. The summed E-state index contributed by atoms with van der Waals surface area (Å²) in [6.07, 6.45) is 1.73. The molecule has 2 aromatic heterocycles. The molecule has 0 bridgehead atoms. The highest BCUT2D eigenvalue weighted by atomic mass is 16.5. The third-order valence-corrected chi connectivity index (χ3v) is 4.79. The lowest BCUT2D eigenvalue weighted by atomic mass is 10.2. The molecule has 0 aliphatic rings.